The molecule has 4 nitrogen and oxygen atoms in total. The van der Waals surface area contributed by atoms with Crippen LogP contribution >= 0.6 is 0 Å². The highest BCUT2D eigenvalue weighted by atomic mass is 16.5. The zero-order valence-corrected chi connectivity index (χ0v) is 12.1. The third kappa shape index (κ3) is 4.46. The minimum atomic E-state index is -0.549. The van der Waals surface area contributed by atoms with Crippen molar-refractivity contribution in [3.8, 4) is 17.6 Å². The van der Waals surface area contributed by atoms with Crippen LogP contribution in [0.2, 0.25) is 0 Å². The summed E-state index contributed by atoms with van der Waals surface area (Å²) >= 11 is 0. The standard InChI is InChI=1S/C15H22N2O2/c1-5-17-15(3,11-16)8-9-19-13-7-6-12(2)10-14(13)18-4/h6-7,10,17H,5,8-9H2,1-4H3. The molecule has 0 saturated heterocycles. The van der Waals surface area contributed by atoms with E-state index in [0.717, 1.165) is 17.9 Å². The molecule has 1 N–H and O–H groups in total. The Bertz CT molecular complexity index is 454. The molecule has 0 heterocycles. The number of nitrogens with one attached hydrogen (secondary N) is 1. The zero-order valence-electron chi connectivity index (χ0n) is 12.1. The van der Waals surface area contributed by atoms with Gasteiger partial charge in [-0.05, 0) is 38.1 Å². The van der Waals surface area contributed by atoms with Crippen LogP contribution in [0.5, 0.6) is 11.5 Å². The van der Waals surface area contributed by atoms with Gasteiger partial charge in [-0.1, -0.05) is 13.0 Å². The largest absolute Gasteiger partial charge is 0.493 e. The summed E-state index contributed by atoms with van der Waals surface area (Å²) < 4.78 is 11.0. The Balaban J connectivity index is 2.60. The fourth-order valence-corrected chi connectivity index (χ4v) is 1.83. The first-order chi connectivity index (χ1) is 9.04. The van der Waals surface area contributed by atoms with Gasteiger partial charge < -0.3 is 9.47 Å². The van der Waals surface area contributed by atoms with Crippen LogP contribution in [-0.2, 0) is 0 Å². The van der Waals surface area contributed by atoms with Crippen molar-refractivity contribution >= 4 is 0 Å². The van der Waals surface area contributed by atoms with E-state index >= 15 is 0 Å². The minimum Gasteiger partial charge on any atom is -0.493 e. The predicted molar refractivity (Wildman–Crippen MR) is 75.5 cm³/mol. The molecule has 0 aliphatic rings. The van der Waals surface area contributed by atoms with E-state index in [-0.39, 0.29) is 0 Å². The van der Waals surface area contributed by atoms with Crippen LogP contribution < -0.4 is 14.8 Å². The Morgan fingerprint density at radius 3 is 2.68 bits per heavy atom. The summed E-state index contributed by atoms with van der Waals surface area (Å²) in [5.74, 6) is 1.44. The maximum absolute atomic E-state index is 9.16. The molecule has 1 unspecified atom stereocenters. The summed E-state index contributed by atoms with van der Waals surface area (Å²) in [5.41, 5.74) is 0.575. The third-order valence-electron chi connectivity index (χ3n) is 2.99. The first-order valence-electron chi connectivity index (χ1n) is 6.48. The number of benzene rings is 1. The molecule has 104 valence electrons. The van der Waals surface area contributed by atoms with Crippen LogP contribution in [0.3, 0.4) is 0 Å². The number of hydrogen-bond acceptors (Lipinski definition) is 4. The van der Waals surface area contributed by atoms with E-state index in [1.54, 1.807) is 7.11 Å². The zero-order chi connectivity index (χ0) is 14.3. The van der Waals surface area contributed by atoms with Gasteiger partial charge in [-0.25, -0.2) is 0 Å². The van der Waals surface area contributed by atoms with E-state index in [0.29, 0.717) is 18.8 Å². The van der Waals surface area contributed by atoms with Crippen LogP contribution in [0, 0.1) is 18.3 Å². The smallest absolute Gasteiger partial charge is 0.161 e. The van der Waals surface area contributed by atoms with E-state index in [1.807, 2.05) is 39.0 Å². The molecule has 0 saturated carbocycles. The molecule has 4 heteroatoms. The van der Waals surface area contributed by atoms with Gasteiger partial charge in [-0.2, -0.15) is 5.26 Å². The lowest BCUT2D eigenvalue weighted by atomic mass is 10.0. The van der Waals surface area contributed by atoms with Gasteiger partial charge in [0.1, 0.15) is 5.54 Å². The van der Waals surface area contributed by atoms with E-state index in [1.165, 1.54) is 0 Å². The summed E-state index contributed by atoms with van der Waals surface area (Å²) in [5, 5.41) is 12.3. The van der Waals surface area contributed by atoms with Crippen molar-refractivity contribution in [2.45, 2.75) is 32.7 Å². The second-order valence-electron chi connectivity index (χ2n) is 4.73. The van der Waals surface area contributed by atoms with Gasteiger partial charge in [0.05, 0.1) is 19.8 Å². The van der Waals surface area contributed by atoms with Crippen LogP contribution in [-0.4, -0.2) is 25.8 Å². The maximum atomic E-state index is 9.16. The Morgan fingerprint density at radius 2 is 2.11 bits per heavy atom. The molecule has 0 radical (unpaired) electrons. The molecule has 0 aliphatic carbocycles. The lowest BCUT2D eigenvalue weighted by molar-refractivity contribution is 0.256. The number of rotatable bonds is 7. The fourth-order valence-electron chi connectivity index (χ4n) is 1.83. The molecule has 0 aliphatic heterocycles. The molecule has 1 aromatic rings. The van der Waals surface area contributed by atoms with Gasteiger partial charge in [-0.3, -0.25) is 5.32 Å². The van der Waals surface area contributed by atoms with Crippen molar-refractivity contribution in [2.75, 3.05) is 20.3 Å². The Labute approximate surface area is 115 Å². The predicted octanol–water partition coefficient (Wildman–Crippen LogP) is 2.66. The molecule has 0 amide bonds. The molecular weight excluding hydrogens is 240 g/mol. The Kier molecular flexibility index (Phi) is 5.65. The molecule has 0 fully saturated rings. The second kappa shape index (κ2) is 7.01. The van der Waals surface area contributed by atoms with Crippen molar-refractivity contribution in [1.82, 2.24) is 5.32 Å². The van der Waals surface area contributed by atoms with Crippen molar-refractivity contribution in [3.05, 3.63) is 23.8 Å². The highest BCUT2D eigenvalue weighted by molar-refractivity contribution is 5.42. The number of nitrogens with zero attached hydrogens (tertiary/aromatic N) is 1. The topological polar surface area (TPSA) is 54.3 Å². The van der Waals surface area contributed by atoms with Crippen LogP contribution in [0.25, 0.3) is 0 Å². The fraction of sp³-hybridized carbons (Fsp3) is 0.533. The molecule has 1 atom stereocenters. The maximum Gasteiger partial charge on any atom is 0.161 e. The van der Waals surface area contributed by atoms with Gasteiger partial charge in [0.2, 0.25) is 0 Å². The Hall–Kier alpha value is -1.73. The molecule has 0 aromatic heterocycles. The van der Waals surface area contributed by atoms with Crippen molar-refractivity contribution < 1.29 is 9.47 Å². The molecule has 0 bridgehead atoms. The number of nitriles is 1. The summed E-state index contributed by atoms with van der Waals surface area (Å²) in [6, 6.07) is 8.09. The third-order valence-corrected chi connectivity index (χ3v) is 2.99. The van der Waals surface area contributed by atoms with Gasteiger partial charge >= 0.3 is 0 Å². The number of methoxy groups -OCH3 is 1. The summed E-state index contributed by atoms with van der Waals surface area (Å²) in [6.45, 7) is 7.10. The average Bonchev–Trinajstić information content (AvgIpc) is 2.40. The van der Waals surface area contributed by atoms with Gasteiger partial charge in [0, 0.05) is 6.42 Å². The highest BCUT2D eigenvalue weighted by Gasteiger charge is 2.22. The second-order valence-corrected chi connectivity index (χ2v) is 4.73. The highest BCUT2D eigenvalue weighted by Crippen LogP contribution is 2.28. The van der Waals surface area contributed by atoms with Gasteiger partial charge in [0.15, 0.2) is 11.5 Å². The molecule has 1 rings (SSSR count). The SMILES string of the molecule is CCNC(C)(C#N)CCOc1ccc(C)cc1OC. The first-order valence-corrected chi connectivity index (χ1v) is 6.48. The van der Waals surface area contributed by atoms with Crippen molar-refractivity contribution in [1.29, 1.82) is 5.26 Å². The van der Waals surface area contributed by atoms with Crippen molar-refractivity contribution in [3.63, 3.8) is 0 Å². The van der Waals surface area contributed by atoms with E-state index in [9.17, 15) is 0 Å². The minimum absolute atomic E-state index is 0.469. The number of aryl methyl sites for hydroxylation is 1. The monoisotopic (exact) mass is 262 g/mol. The number of ether oxygens (including phenoxy) is 2. The lowest BCUT2D eigenvalue weighted by Gasteiger charge is -2.22. The van der Waals surface area contributed by atoms with Crippen LogP contribution in [0.4, 0.5) is 0 Å². The van der Waals surface area contributed by atoms with Crippen molar-refractivity contribution in [2.24, 2.45) is 0 Å². The average molecular weight is 262 g/mol. The summed E-state index contributed by atoms with van der Waals surface area (Å²) in [4.78, 5) is 0. The first kappa shape index (κ1) is 15.3. The van der Waals surface area contributed by atoms with Crippen LogP contribution in [0.1, 0.15) is 25.8 Å². The number of hydrogen-bond donors (Lipinski definition) is 1. The summed E-state index contributed by atoms with van der Waals surface area (Å²) in [6.07, 6.45) is 0.619. The quantitative estimate of drug-likeness (QED) is 0.820. The van der Waals surface area contributed by atoms with E-state index in [2.05, 4.69) is 11.4 Å². The lowest BCUT2D eigenvalue weighted by Crippen LogP contribution is -2.42. The normalized spacial score (nSPS) is 13.4. The molecular formula is C15H22N2O2. The summed E-state index contributed by atoms with van der Waals surface area (Å²) in [7, 11) is 1.62. The Morgan fingerprint density at radius 1 is 1.37 bits per heavy atom. The molecule has 0 spiro atoms. The van der Waals surface area contributed by atoms with E-state index in [4.69, 9.17) is 14.7 Å². The molecule has 19 heavy (non-hydrogen) atoms. The van der Waals surface area contributed by atoms with Gasteiger partial charge in [-0.15, -0.1) is 0 Å². The van der Waals surface area contributed by atoms with E-state index < -0.39 is 5.54 Å². The molecule has 1 aromatic carbocycles. The van der Waals surface area contributed by atoms with Gasteiger partial charge in [0.25, 0.3) is 0 Å². The van der Waals surface area contributed by atoms with Crippen LogP contribution in [0.15, 0.2) is 18.2 Å².